The van der Waals surface area contributed by atoms with E-state index in [9.17, 15) is 17.6 Å². The molecule has 1 aromatic carbocycles. The fraction of sp³-hybridized carbons (Fsp3) is 0.591. The third kappa shape index (κ3) is 7.63. The molecule has 30 heavy (non-hydrogen) atoms. The van der Waals surface area contributed by atoms with E-state index in [1.807, 2.05) is 0 Å². The van der Waals surface area contributed by atoms with Crippen molar-refractivity contribution in [2.75, 3.05) is 19.7 Å². The summed E-state index contributed by atoms with van der Waals surface area (Å²) in [4.78, 5) is 4.30. The number of hydrogen-bond donors (Lipinski definition) is 1. The van der Waals surface area contributed by atoms with Crippen LogP contribution in [0.25, 0.3) is 10.6 Å². The average molecular weight is 445 g/mol. The van der Waals surface area contributed by atoms with E-state index in [-0.39, 0.29) is 32.5 Å². The number of nitrogens with one attached hydrogen (secondary N) is 1. The first-order valence-corrected chi connectivity index (χ1v) is 11.4. The SMILES string of the molecule is Fc1cc(F)cc(-c2nc(COCCCC(F)(F)CCC3CCCCNC3)cs2)c1. The molecule has 2 aromatic rings. The van der Waals surface area contributed by atoms with Gasteiger partial charge in [0.25, 0.3) is 0 Å². The highest BCUT2D eigenvalue weighted by molar-refractivity contribution is 7.13. The van der Waals surface area contributed by atoms with E-state index >= 15 is 0 Å². The fourth-order valence-corrected chi connectivity index (χ4v) is 4.46. The second kappa shape index (κ2) is 11.2. The molecular formula is C22H28F4N2OS. The number of nitrogens with zero attached hydrogens (tertiary/aromatic N) is 1. The van der Waals surface area contributed by atoms with E-state index < -0.39 is 17.6 Å². The van der Waals surface area contributed by atoms with Gasteiger partial charge in [-0.3, -0.25) is 0 Å². The summed E-state index contributed by atoms with van der Waals surface area (Å²) in [6.45, 7) is 2.25. The summed E-state index contributed by atoms with van der Waals surface area (Å²) < 4.78 is 60.4. The molecular weight excluding hydrogens is 416 g/mol. The first-order valence-electron chi connectivity index (χ1n) is 10.5. The van der Waals surface area contributed by atoms with Crippen LogP contribution in [0, 0.1) is 17.6 Å². The molecule has 1 fully saturated rings. The normalized spacial score (nSPS) is 17.8. The minimum absolute atomic E-state index is 0.0704. The van der Waals surface area contributed by atoms with Crippen molar-refractivity contribution < 1.29 is 22.3 Å². The van der Waals surface area contributed by atoms with Crippen molar-refractivity contribution in [2.24, 2.45) is 5.92 Å². The van der Waals surface area contributed by atoms with Crippen LogP contribution in [-0.4, -0.2) is 30.6 Å². The smallest absolute Gasteiger partial charge is 0.248 e. The summed E-state index contributed by atoms with van der Waals surface area (Å²) in [6.07, 6.45) is 3.86. The highest BCUT2D eigenvalue weighted by Crippen LogP contribution is 2.30. The van der Waals surface area contributed by atoms with Crippen LogP contribution in [0.1, 0.15) is 50.6 Å². The Labute approximate surface area is 178 Å². The van der Waals surface area contributed by atoms with Crippen LogP contribution >= 0.6 is 11.3 Å². The van der Waals surface area contributed by atoms with Gasteiger partial charge in [-0.2, -0.15) is 0 Å². The molecule has 8 heteroatoms. The Kier molecular flexibility index (Phi) is 8.65. The monoisotopic (exact) mass is 444 g/mol. The standard InChI is InChI=1S/C22H28F4N2OS/c23-18-10-17(11-19(24)12-18)21-28-20(15-30-21)14-29-9-3-6-22(25,26)7-5-16-4-1-2-8-27-13-16/h10-12,15-16,27H,1-9,13-14H2. The zero-order chi connectivity index (χ0) is 21.4. The Morgan fingerprint density at radius 3 is 2.73 bits per heavy atom. The zero-order valence-electron chi connectivity index (χ0n) is 16.9. The van der Waals surface area contributed by atoms with Gasteiger partial charge in [-0.15, -0.1) is 11.3 Å². The molecule has 0 aliphatic carbocycles. The molecule has 0 spiro atoms. The van der Waals surface area contributed by atoms with Gasteiger partial charge in [0.05, 0.1) is 12.3 Å². The second-order valence-electron chi connectivity index (χ2n) is 7.92. The molecule has 3 nitrogen and oxygen atoms in total. The Morgan fingerprint density at radius 1 is 1.13 bits per heavy atom. The highest BCUT2D eigenvalue weighted by Gasteiger charge is 2.29. The number of hydrogen-bond acceptors (Lipinski definition) is 4. The van der Waals surface area contributed by atoms with Gasteiger partial charge < -0.3 is 10.1 Å². The van der Waals surface area contributed by atoms with Gasteiger partial charge >= 0.3 is 0 Å². The van der Waals surface area contributed by atoms with Crippen LogP contribution in [0.2, 0.25) is 0 Å². The second-order valence-corrected chi connectivity index (χ2v) is 8.78. The summed E-state index contributed by atoms with van der Waals surface area (Å²) >= 11 is 1.26. The van der Waals surface area contributed by atoms with E-state index in [1.54, 1.807) is 5.38 Å². The Balaban J connectivity index is 1.35. The van der Waals surface area contributed by atoms with Crippen LogP contribution in [-0.2, 0) is 11.3 Å². The molecule has 2 heterocycles. The molecule has 3 rings (SSSR count). The van der Waals surface area contributed by atoms with E-state index in [0.717, 1.165) is 38.4 Å². The molecule has 1 unspecified atom stereocenters. The number of alkyl halides is 2. The van der Waals surface area contributed by atoms with Gasteiger partial charge in [0.15, 0.2) is 0 Å². The van der Waals surface area contributed by atoms with Crippen molar-refractivity contribution in [2.45, 2.75) is 57.5 Å². The molecule has 1 atom stereocenters. The highest BCUT2D eigenvalue weighted by atomic mass is 32.1. The van der Waals surface area contributed by atoms with E-state index in [1.165, 1.54) is 23.5 Å². The topological polar surface area (TPSA) is 34.1 Å². The molecule has 0 saturated carbocycles. The maximum absolute atomic E-state index is 14.1. The quantitative estimate of drug-likeness (QED) is 0.350. The summed E-state index contributed by atoms with van der Waals surface area (Å²) in [7, 11) is 0. The largest absolute Gasteiger partial charge is 0.375 e. The Bertz CT molecular complexity index is 771. The van der Waals surface area contributed by atoms with Crippen LogP contribution in [0.4, 0.5) is 17.6 Å². The lowest BCUT2D eigenvalue weighted by atomic mass is 9.95. The lowest BCUT2D eigenvalue weighted by Crippen LogP contribution is -2.24. The van der Waals surface area contributed by atoms with Crippen molar-refractivity contribution >= 4 is 11.3 Å². The molecule has 1 aliphatic rings. The van der Waals surface area contributed by atoms with Crippen LogP contribution in [0.3, 0.4) is 0 Å². The van der Waals surface area contributed by atoms with Crippen molar-refractivity contribution in [3.8, 4) is 10.6 Å². The third-order valence-corrected chi connectivity index (χ3v) is 6.25. The van der Waals surface area contributed by atoms with Crippen molar-refractivity contribution in [3.63, 3.8) is 0 Å². The Hall–Kier alpha value is -1.51. The molecule has 0 radical (unpaired) electrons. The number of halogens is 4. The van der Waals surface area contributed by atoms with Gasteiger partial charge in [-0.1, -0.05) is 6.42 Å². The molecule has 0 bridgehead atoms. The number of ether oxygens (including phenoxy) is 1. The van der Waals surface area contributed by atoms with Gasteiger partial charge in [-0.25, -0.2) is 22.5 Å². The maximum Gasteiger partial charge on any atom is 0.248 e. The van der Waals surface area contributed by atoms with Gasteiger partial charge in [-0.05, 0) is 56.8 Å². The molecule has 1 aromatic heterocycles. The van der Waals surface area contributed by atoms with Crippen LogP contribution < -0.4 is 5.32 Å². The van der Waals surface area contributed by atoms with E-state index in [4.69, 9.17) is 4.74 Å². The lowest BCUT2D eigenvalue weighted by molar-refractivity contribution is -0.0304. The molecule has 0 amide bonds. The summed E-state index contributed by atoms with van der Waals surface area (Å²) in [5, 5.41) is 5.56. The molecule has 1 N–H and O–H groups in total. The van der Waals surface area contributed by atoms with E-state index in [0.29, 0.717) is 28.6 Å². The fourth-order valence-electron chi connectivity index (χ4n) is 3.67. The molecule has 166 valence electrons. The first-order chi connectivity index (χ1) is 14.4. The van der Waals surface area contributed by atoms with Crippen molar-refractivity contribution in [3.05, 3.63) is 40.9 Å². The number of aromatic nitrogens is 1. The number of benzene rings is 1. The van der Waals surface area contributed by atoms with Crippen LogP contribution in [0.5, 0.6) is 0 Å². The van der Waals surface area contributed by atoms with Gasteiger partial charge in [0.1, 0.15) is 16.6 Å². The summed E-state index contributed by atoms with van der Waals surface area (Å²) in [6, 6.07) is 3.25. The zero-order valence-corrected chi connectivity index (χ0v) is 17.8. The van der Waals surface area contributed by atoms with Gasteiger partial charge in [0, 0.05) is 36.5 Å². The maximum atomic E-state index is 14.1. The minimum Gasteiger partial charge on any atom is -0.375 e. The first kappa shape index (κ1) is 23.2. The predicted molar refractivity (Wildman–Crippen MR) is 111 cm³/mol. The third-order valence-electron chi connectivity index (χ3n) is 5.31. The molecule has 1 saturated heterocycles. The van der Waals surface area contributed by atoms with Crippen LogP contribution in [0.15, 0.2) is 23.6 Å². The van der Waals surface area contributed by atoms with E-state index in [2.05, 4.69) is 10.3 Å². The summed E-state index contributed by atoms with van der Waals surface area (Å²) in [5.41, 5.74) is 0.986. The predicted octanol–water partition coefficient (Wildman–Crippen LogP) is 6.19. The van der Waals surface area contributed by atoms with Crippen molar-refractivity contribution in [1.82, 2.24) is 10.3 Å². The minimum atomic E-state index is -2.66. The van der Waals surface area contributed by atoms with Gasteiger partial charge in [0.2, 0.25) is 5.92 Å². The summed E-state index contributed by atoms with van der Waals surface area (Å²) in [5.74, 6) is -3.63. The number of thiazole rings is 1. The molecule has 1 aliphatic heterocycles. The lowest BCUT2D eigenvalue weighted by Gasteiger charge is -2.20. The Morgan fingerprint density at radius 2 is 1.93 bits per heavy atom. The number of rotatable bonds is 10. The van der Waals surface area contributed by atoms with Crippen molar-refractivity contribution in [1.29, 1.82) is 0 Å². The average Bonchev–Trinajstić information content (AvgIpc) is 3.00.